The molecule has 0 radical (unpaired) electrons. The number of aromatic nitrogens is 2. The van der Waals surface area contributed by atoms with Crippen molar-refractivity contribution < 1.29 is 9.18 Å². The quantitative estimate of drug-likeness (QED) is 0.758. The average molecular weight is 366 g/mol. The third kappa shape index (κ3) is 4.91. The number of hydrogen-bond acceptors (Lipinski definition) is 6. The van der Waals surface area contributed by atoms with Crippen LogP contribution < -0.4 is 10.6 Å². The molecule has 128 valence electrons. The van der Waals surface area contributed by atoms with Crippen LogP contribution in [0.5, 0.6) is 0 Å². The zero-order chi connectivity index (χ0) is 16.8. The molecule has 1 amide bonds. The normalized spacial score (nSPS) is 15.2. The summed E-state index contributed by atoms with van der Waals surface area (Å²) in [6, 6.07) is 6.72. The lowest BCUT2D eigenvalue weighted by molar-refractivity contribution is -0.119. The SMILES string of the molecule is O=C(CSc1nnc(Nc2ccccc2F)s1)NC1CCCCC1. The van der Waals surface area contributed by atoms with E-state index in [0.717, 1.165) is 12.8 Å². The summed E-state index contributed by atoms with van der Waals surface area (Å²) in [6.07, 6.45) is 5.81. The fourth-order valence-electron chi connectivity index (χ4n) is 2.64. The maximum atomic E-state index is 13.6. The molecule has 8 heteroatoms. The summed E-state index contributed by atoms with van der Waals surface area (Å²) in [5.41, 5.74) is 0.361. The third-order valence-electron chi connectivity index (χ3n) is 3.82. The predicted molar refractivity (Wildman–Crippen MR) is 95.3 cm³/mol. The summed E-state index contributed by atoms with van der Waals surface area (Å²) in [5, 5.41) is 14.5. The second-order valence-corrected chi connectivity index (χ2v) is 7.87. The van der Waals surface area contributed by atoms with Gasteiger partial charge in [0.15, 0.2) is 4.34 Å². The maximum Gasteiger partial charge on any atom is 0.230 e. The highest BCUT2D eigenvalue weighted by atomic mass is 32.2. The number of hydrogen-bond donors (Lipinski definition) is 2. The number of anilines is 2. The highest BCUT2D eigenvalue weighted by Crippen LogP contribution is 2.28. The van der Waals surface area contributed by atoms with Crippen molar-refractivity contribution in [2.45, 2.75) is 42.5 Å². The highest BCUT2D eigenvalue weighted by Gasteiger charge is 2.16. The number of halogens is 1. The Hall–Kier alpha value is -1.67. The van der Waals surface area contributed by atoms with Crippen molar-refractivity contribution in [1.29, 1.82) is 0 Å². The molecule has 24 heavy (non-hydrogen) atoms. The zero-order valence-electron chi connectivity index (χ0n) is 13.1. The van der Waals surface area contributed by atoms with Gasteiger partial charge in [0.05, 0.1) is 11.4 Å². The first-order valence-corrected chi connectivity index (χ1v) is 9.78. The number of amides is 1. The van der Waals surface area contributed by atoms with E-state index < -0.39 is 0 Å². The van der Waals surface area contributed by atoms with E-state index in [1.54, 1.807) is 18.2 Å². The molecule has 0 atom stereocenters. The number of benzene rings is 1. The Balaban J connectivity index is 1.47. The van der Waals surface area contributed by atoms with Crippen molar-refractivity contribution in [1.82, 2.24) is 15.5 Å². The fraction of sp³-hybridized carbons (Fsp3) is 0.438. The molecule has 5 nitrogen and oxygen atoms in total. The molecule has 1 heterocycles. The van der Waals surface area contributed by atoms with Crippen LogP contribution in [0.1, 0.15) is 32.1 Å². The number of rotatable bonds is 6. The van der Waals surface area contributed by atoms with Crippen LogP contribution in [-0.4, -0.2) is 27.9 Å². The van der Waals surface area contributed by atoms with Crippen LogP contribution in [0.3, 0.4) is 0 Å². The van der Waals surface area contributed by atoms with Gasteiger partial charge in [0, 0.05) is 6.04 Å². The van der Waals surface area contributed by atoms with Gasteiger partial charge in [0.25, 0.3) is 0 Å². The van der Waals surface area contributed by atoms with Crippen LogP contribution in [0.4, 0.5) is 15.2 Å². The minimum atomic E-state index is -0.339. The van der Waals surface area contributed by atoms with Crippen LogP contribution in [0.2, 0.25) is 0 Å². The first-order valence-electron chi connectivity index (χ1n) is 7.98. The molecule has 1 aromatic heterocycles. The first-order chi connectivity index (χ1) is 11.7. The lowest BCUT2D eigenvalue weighted by Crippen LogP contribution is -2.37. The van der Waals surface area contributed by atoms with Crippen LogP contribution in [0, 0.1) is 5.82 Å². The van der Waals surface area contributed by atoms with E-state index in [9.17, 15) is 9.18 Å². The number of nitrogens with zero attached hydrogens (tertiary/aromatic N) is 2. The summed E-state index contributed by atoms with van der Waals surface area (Å²) >= 11 is 2.66. The van der Waals surface area contributed by atoms with Gasteiger partial charge in [-0.2, -0.15) is 0 Å². The van der Waals surface area contributed by atoms with E-state index in [0.29, 0.717) is 27.0 Å². The molecule has 1 aliphatic rings. The summed E-state index contributed by atoms with van der Waals surface area (Å²) in [5.74, 6) is 0.0182. The van der Waals surface area contributed by atoms with Gasteiger partial charge in [-0.15, -0.1) is 10.2 Å². The molecule has 0 aliphatic heterocycles. The number of para-hydroxylation sites is 1. The van der Waals surface area contributed by atoms with E-state index >= 15 is 0 Å². The van der Waals surface area contributed by atoms with Gasteiger partial charge >= 0.3 is 0 Å². The predicted octanol–water partition coefficient (Wildman–Crippen LogP) is 3.96. The monoisotopic (exact) mass is 366 g/mol. The van der Waals surface area contributed by atoms with Gasteiger partial charge in [-0.1, -0.05) is 54.5 Å². The van der Waals surface area contributed by atoms with Gasteiger partial charge in [-0.25, -0.2) is 4.39 Å². The van der Waals surface area contributed by atoms with E-state index in [-0.39, 0.29) is 11.7 Å². The molecule has 3 rings (SSSR count). The Morgan fingerprint density at radius 3 is 2.83 bits per heavy atom. The Morgan fingerprint density at radius 2 is 2.04 bits per heavy atom. The Bertz CT molecular complexity index is 688. The molecule has 0 saturated heterocycles. The van der Waals surface area contributed by atoms with Gasteiger partial charge in [0.2, 0.25) is 11.0 Å². The molecular weight excluding hydrogens is 347 g/mol. The Kier molecular flexibility index (Phi) is 6.03. The summed E-state index contributed by atoms with van der Waals surface area (Å²) in [7, 11) is 0. The molecule has 1 saturated carbocycles. The van der Waals surface area contributed by atoms with Gasteiger partial charge in [0.1, 0.15) is 5.82 Å². The van der Waals surface area contributed by atoms with Crippen LogP contribution in [0.25, 0.3) is 0 Å². The second-order valence-electron chi connectivity index (χ2n) is 5.67. The highest BCUT2D eigenvalue weighted by molar-refractivity contribution is 8.01. The summed E-state index contributed by atoms with van der Waals surface area (Å²) < 4.78 is 14.3. The van der Waals surface area contributed by atoms with Crippen molar-refractivity contribution in [3.8, 4) is 0 Å². The summed E-state index contributed by atoms with van der Waals surface area (Å²) in [4.78, 5) is 12.0. The van der Waals surface area contributed by atoms with Crippen molar-refractivity contribution in [2.75, 3.05) is 11.1 Å². The number of carbonyl (C=O) groups is 1. The largest absolute Gasteiger partial charge is 0.353 e. The standard InChI is InChI=1S/C16H19FN4OS2/c17-12-8-4-5-9-13(12)19-15-20-21-16(24-15)23-10-14(22)18-11-6-2-1-3-7-11/h4-5,8-9,11H,1-3,6-7,10H2,(H,18,22)(H,19,20). The molecule has 0 unspecified atom stereocenters. The average Bonchev–Trinajstić information content (AvgIpc) is 3.04. The molecule has 1 aliphatic carbocycles. The molecule has 0 bridgehead atoms. The smallest absolute Gasteiger partial charge is 0.230 e. The van der Waals surface area contributed by atoms with Crippen LogP contribution in [0.15, 0.2) is 28.6 Å². The lowest BCUT2D eigenvalue weighted by Gasteiger charge is -2.22. The van der Waals surface area contributed by atoms with Crippen LogP contribution in [-0.2, 0) is 4.79 Å². The van der Waals surface area contributed by atoms with Crippen molar-refractivity contribution in [2.24, 2.45) is 0 Å². The van der Waals surface area contributed by atoms with Crippen LogP contribution >= 0.6 is 23.1 Å². The van der Waals surface area contributed by atoms with Gasteiger partial charge in [-0.3, -0.25) is 4.79 Å². The van der Waals surface area contributed by atoms with Crippen molar-refractivity contribution in [3.63, 3.8) is 0 Å². The minimum absolute atomic E-state index is 0.0331. The lowest BCUT2D eigenvalue weighted by atomic mass is 9.95. The zero-order valence-corrected chi connectivity index (χ0v) is 14.8. The van der Waals surface area contributed by atoms with Crippen molar-refractivity contribution in [3.05, 3.63) is 30.1 Å². The van der Waals surface area contributed by atoms with Crippen molar-refractivity contribution >= 4 is 39.8 Å². The van der Waals surface area contributed by atoms with Gasteiger partial charge in [-0.05, 0) is 25.0 Å². The number of carbonyl (C=O) groups excluding carboxylic acids is 1. The van der Waals surface area contributed by atoms with E-state index in [1.165, 1.54) is 48.4 Å². The molecule has 1 aromatic carbocycles. The summed E-state index contributed by atoms with van der Waals surface area (Å²) in [6.45, 7) is 0. The topological polar surface area (TPSA) is 66.9 Å². The second kappa shape index (κ2) is 8.43. The fourth-order valence-corrected chi connectivity index (χ4v) is 4.22. The van der Waals surface area contributed by atoms with Gasteiger partial charge < -0.3 is 10.6 Å². The first kappa shape index (κ1) is 17.2. The van der Waals surface area contributed by atoms with E-state index in [2.05, 4.69) is 20.8 Å². The van der Waals surface area contributed by atoms with E-state index in [1.807, 2.05) is 0 Å². The Morgan fingerprint density at radius 1 is 1.25 bits per heavy atom. The number of nitrogens with one attached hydrogen (secondary N) is 2. The van der Waals surface area contributed by atoms with E-state index in [4.69, 9.17) is 0 Å². The molecule has 2 N–H and O–H groups in total. The molecule has 1 fully saturated rings. The number of thioether (sulfide) groups is 1. The minimum Gasteiger partial charge on any atom is -0.353 e. The molecule has 2 aromatic rings. The molecule has 0 spiro atoms. The molecular formula is C16H19FN4OS2. The Labute approximate surface area is 148 Å². The third-order valence-corrected chi connectivity index (χ3v) is 5.79. The maximum absolute atomic E-state index is 13.6.